The molecule has 1 fully saturated rings. The van der Waals surface area contributed by atoms with E-state index in [0.29, 0.717) is 19.6 Å². The van der Waals surface area contributed by atoms with Crippen LogP contribution in [0.1, 0.15) is 54.4 Å². The second-order valence-corrected chi connectivity index (χ2v) is 13.0. The van der Waals surface area contributed by atoms with Crippen molar-refractivity contribution in [3.8, 4) is 0 Å². The predicted octanol–water partition coefficient (Wildman–Crippen LogP) is 3.87. The van der Waals surface area contributed by atoms with Gasteiger partial charge in [0.05, 0.1) is 31.8 Å². The second kappa shape index (κ2) is 7.63. The minimum atomic E-state index is -1.97. The summed E-state index contributed by atoms with van der Waals surface area (Å²) in [5, 5.41) is 0.0895. The zero-order valence-electron chi connectivity index (χ0n) is 16.0. The van der Waals surface area contributed by atoms with Crippen LogP contribution in [-0.2, 0) is 23.4 Å². The molecule has 0 radical (unpaired) electrons. The maximum Gasteiger partial charge on any atom is 0.308 e. The van der Waals surface area contributed by atoms with E-state index in [1.807, 2.05) is 20.8 Å². The lowest BCUT2D eigenvalue weighted by molar-refractivity contribution is -0.147. The van der Waals surface area contributed by atoms with Crippen molar-refractivity contribution in [1.29, 1.82) is 0 Å². The summed E-state index contributed by atoms with van der Waals surface area (Å²) in [4.78, 5) is 11.9. The molecule has 23 heavy (non-hydrogen) atoms. The van der Waals surface area contributed by atoms with Gasteiger partial charge in [-0.3, -0.25) is 4.79 Å². The molecule has 0 unspecified atom stereocenters. The Morgan fingerprint density at radius 1 is 1.35 bits per heavy atom. The summed E-state index contributed by atoms with van der Waals surface area (Å²) in [6.07, 6.45) is 0.668. The zero-order chi connectivity index (χ0) is 17.9. The molecule has 0 aliphatic carbocycles. The van der Waals surface area contributed by atoms with Gasteiger partial charge < -0.3 is 18.6 Å². The number of hydrogen-bond donors (Lipinski definition) is 0. The van der Waals surface area contributed by atoms with Gasteiger partial charge in [-0.1, -0.05) is 20.8 Å². The molecule has 1 rings (SSSR count). The predicted molar refractivity (Wildman–Crippen MR) is 92.8 cm³/mol. The highest BCUT2D eigenvalue weighted by Gasteiger charge is 2.41. The topological polar surface area (TPSA) is 54.0 Å². The van der Waals surface area contributed by atoms with E-state index in [4.69, 9.17) is 18.6 Å². The van der Waals surface area contributed by atoms with Gasteiger partial charge in [-0.05, 0) is 38.9 Å². The lowest BCUT2D eigenvalue weighted by Gasteiger charge is -2.39. The fourth-order valence-corrected chi connectivity index (χ4v) is 3.71. The van der Waals surface area contributed by atoms with Gasteiger partial charge in [-0.15, -0.1) is 0 Å². The summed E-state index contributed by atoms with van der Waals surface area (Å²) >= 11 is 0. The van der Waals surface area contributed by atoms with E-state index >= 15 is 0 Å². The normalized spacial score (nSPS) is 22.9. The average Bonchev–Trinajstić information content (AvgIpc) is 2.66. The minimum absolute atomic E-state index is 0.0470. The van der Waals surface area contributed by atoms with Gasteiger partial charge in [-0.25, -0.2) is 0 Å². The van der Waals surface area contributed by atoms with Crippen LogP contribution in [0.15, 0.2) is 0 Å². The fourth-order valence-electron chi connectivity index (χ4n) is 2.34. The van der Waals surface area contributed by atoms with Crippen LogP contribution in [0.5, 0.6) is 0 Å². The number of hydrogen-bond acceptors (Lipinski definition) is 5. The summed E-state index contributed by atoms with van der Waals surface area (Å²) in [6.45, 7) is 17.5. The molecule has 0 aromatic carbocycles. The highest BCUT2D eigenvalue weighted by Crippen LogP contribution is 2.38. The van der Waals surface area contributed by atoms with Crippen molar-refractivity contribution in [3.63, 3.8) is 0 Å². The van der Waals surface area contributed by atoms with Gasteiger partial charge in [0, 0.05) is 6.42 Å². The van der Waals surface area contributed by atoms with E-state index in [0.717, 1.165) is 0 Å². The smallest absolute Gasteiger partial charge is 0.308 e. The van der Waals surface area contributed by atoms with Crippen molar-refractivity contribution in [3.05, 3.63) is 0 Å². The summed E-state index contributed by atoms with van der Waals surface area (Å²) in [5.41, 5.74) is 0. The quantitative estimate of drug-likeness (QED) is 0.517. The van der Waals surface area contributed by atoms with E-state index in [1.54, 1.807) is 0 Å². The molecule has 0 aromatic rings. The molecule has 2 atom stereocenters. The standard InChI is InChI=1S/C17H34O5Si/c1-9-19-15(18)11-13(22-23(7,8)16(2,3)4)10-14-12-20-17(5,6)21-14/h13-14H,9-12H2,1-8H3/t13-,14+/m1/s1. The zero-order valence-corrected chi connectivity index (χ0v) is 17.0. The molecule has 136 valence electrons. The number of ether oxygens (including phenoxy) is 3. The lowest BCUT2D eigenvalue weighted by Crippen LogP contribution is -2.45. The SMILES string of the molecule is CCOC(=O)C[C@@H](C[C@H]1COC(C)(C)O1)O[Si](C)(C)C(C)(C)C. The number of carbonyl (C=O) groups excluding carboxylic acids is 1. The third kappa shape index (κ3) is 6.53. The molecule has 0 N–H and O–H groups in total. The third-order valence-corrected chi connectivity index (χ3v) is 9.10. The van der Waals surface area contributed by atoms with Gasteiger partial charge in [0.2, 0.25) is 0 Å². The first-order chi connectivity index (χ1) is 10.4. The molecule has 5 nitrogen and oxygen atoms in total. The van der Waals surface area contributed by atoms with Crippen LogP contribution >= 0.6 is 0 Å². The summed E-state index contributed by atoms with van der Waals surface area (Å²) < 4.78 is 23.1. The van der Waals surface area contributed by atoms with Gasteiger partial charge in [-0.2, -0.15) is 0 Å². The van der Waals surface area contributed by atoms with Crippen LogP contribution in [0.2, 0.25) is 18.1 Å². The van der Waals surface area contributed by atoms with Gasteiger partial charge in [0.25, 0.3) is 0 Å². The fraction of sp³-hybridized carbons (Fsp3) is 0.941. The molecular weight excluding hydrogens is 312 g/mol. The molecule has 1 aliphatic heterocycles. The molecule has 1 aliphatic rings. The molecule has 0 aromatic heterocycles. The monoisotopic (exact) mass is 346 g/mol. The van der Waals surface area contributed by atoms with Crippen molar-refractivity contribution >= 4 is 14.3 Å². The molecule has 0 saturated carbocycles. The lowest BCUT2D eigenvalue weighted by atomic mass is 10.1. The van der Waals surface area contributed by atoms with E-state index in [-0.39, 0.29) is 29.6 Å². The first-order valence-electron chi connectivity index (χ1n) is 8.51. The van der Waals surface area contributed by atoms with Crippen LogP contribution in [-0.4, -0.2) is 45.5 Å². The molecule has 0 bridgehead atoms. The molecule has 0 spiro atoms. The minimum Gasteiger partial charge on any atom is -0.466 e. The Balaban J connectivity index is 2.75. The Bertz CT molecular complexity index is 400. The Morgan fingerprint density at radius 3 is 2.39 bits per heavy atom. The van der Waals surface area contributed by atoms with Crippen molar-refractivity contribution < 1.29 is 23.4 Å². The molecule has 0 amide bonds. The summed E-state index contributed by atoms with van der Waals surface area (Å²) in [5.74, 6) is -0.773. The van der Waals surface area contributed by atoms with E-state index < -0.39 is 14.1 Å². The van der Waals surface area contributed by atoms with Crippen LogP contribution in [0.4, 0.5) is 0 Å². The molecule has 1 saturated heterocycles. The van der Waals surface area contributed by atoms with Crippen LogP contribution in [0.25, 0.3) is 0 Å². The van der Waals surface area contributed by atoms with Gasteiger partial charge in [0.1, 0.15) is 0 Å². The van der Waals surface area contributed by atoms with Crippen molar-refractivity contribution in [2.24, 2.45) is 0 Å². The van der Waals surface area contributed by atoms with Crippen molar-refractivity contribution in [2.75, 3.05) is 13.2 Å². The Hall–Kier alpha value is -0.433. The first-order valence-corrected chi connectivity index (χ1v) is 11.4. The highest BCUT2D eigenvalue weighted by molar-refractivity contribution is 6.74. The van der Waals surface area contributed by atoms with E-state index in [1.165, 1.54) is 0 Å². The van der Waals surface area contributed by atoms with Crippen LogP contribution < -0.4 is 0 Å². The second-order valence-electron chi connectivity index (χ2n) is 8.20. The largest absolute Gasteiger partial charge is 0.466 e. The Morgan fingerprint density at radius 2 is 1.96 bits per heavy atom. The van der Waals surface area contributed by atoms with Crippen LogP contribution in [0, 0.1) is 0 Å². The Kier molecular flexibility index (Phi) is 6.84. The Labute approximate surface area is 142 Å². The number of esters is 1. The van der Waals surface area contributed by atoms with Crippen molar-refractivity contribution in [1.82, 2.24) is 0 Å². The van der Waals surface area contributed by atoms with Gasteiger partial charge >= 0.3 is 5.97 Å². The van der Waals surface area contributed by atoms with Gasteiger partial charge in [0.15, 0.2) is 14.1 Å². The molecule has 1 heterocycles. The van der Waals surface area contributed by atoms with E-state index in [2.05, 4.69) is 33.9 Å². The number of rotatable bonds is 7. The average molecular weight is 347 g/mol. The molecule has 6 heteroatoms. The third-order valence-electron chi connectivity index (χ3n) is 4.56. The number of carbonyl (C=O) groups is 1. The maximum atomic E-state index is 11.9. The van der Waals surface area contributed by atoms with E-state index in [9.17, 15) is 4.79 Å². The maximum absolute atomic E-state index is 11.9. The van der Waals surface area contributed by atoms with Crippen LogP contribution in [0.3, 0.4) is 0 Å². The molecular formula is C17H34O5Si. The first kappa shape index (κ1) is 20.6. The summed E-state index contributed by atoms with van der Waals surface area (Å²) in [6, 6.07) is 0. The van der Waals surface area contributed by atoms with Crippen molar-refractivity contribution in [2.45, 2.75) is 90.5 Å². The highest BCUT2D eigenvalue weighted by atomic mass is 28.4. The summed E-state index contributed by atoms with van der Waals surface area (Å²) in [7, 11) is -1.97.